The minimum Gasteiger partial charge on any atom is -0.337 e. The minimum absolute atomic E-state index is 0.0648. The Bertz CT molecular complexity index is 391. The summed E-state index contributed by atoms with van der Waals surface area (Å²) < 4.78 is 0. The first kappa shape index (κ1) is 13.0. The molecule has 2 rings (SSSR count). The van der Waals surface area contributed by atoms with E-state index in [0.717, 1.165) is 25.9 Å². The zero-order valence-corrected chi connectivity index (χ0v) is 11.2. The van der Waals surface area contributed by atoms with Crippen molar-refractivity contribution in [2.45, 2.75) is 25.3 Å². The Morgan fingerprint density at radius 1 is 1.33 bits per heavy atom. The summed E-state index contributed by atoms with van der Waals surface area (Å²) in [5.41, 5.74) is 0.556. The van der Waals surface area contributed by atoms with Gasteiger partial charge in [-0.2, -0.15) is 0 Å². The fourth-order valence-corrected chi connectivity index (χ4v) is 2.45. The van der Waals surface area contributed by atoms with E-state index in [1.165, 1.54) is 6.42 Å². The number of hydrogen-bond donors (Lipinski definition) is 0. The highest BCUT2D eigenvalue weighted by Gasteiger charge is 2.22. The Morgan fingerprint density at radius 2 is 2.17 bits per heavy atom. The van der Waals surface area contributed by atoms with Crippen LogP contribution in [0.1, 0.15) is 29.8 Å². The quantitative estimate of drug-likeness (QED) is 0.797. The van der Waals surface area contributed by atoms with E-state index in [1.807, 2.05) is 17.0 Å². The molecule has 1 amide bonds. The number of aromatic nitrogens is 1. The molecule has 0 N–H and O–H groups in total. The third-order valence-electron chi connectivity index (χ3n) is 3.60. The van der Waals surface area contributed by atoms with Crippen LogP contribution >= 0.6 is 0 Å². The van der Waals surface area contributed by atoms with Crippen molar-refractivity contribution in [3.05, 3.63) is 30.1 Å². The maximum Gasteiger partial charge on any atom is 0.272 e. The van der Waals surface area contributed by atoms with Crippen LogP contribution in [0.4, 0.5) is 0 Å². The van der Waals surface area contributed by atoms with E-state index < -0.39 is 0 Å². The van der Waals surface area contributed by atoms with Crippen molar-refractivity contribution in [3.8, 4) is 0 Å². The Kier molecular flexibility index (Phi) is 4.31. The first-order chi connectivity index (χ1) is 8.68. The summed E-state index contributed by atoms with van der Waals surface area (Å²) >= 11 is 0. The second-order valence-electron chi connectivity index (χ2n) is 5.06. The lowest BCUT2D eigenvalue weighted by Crippen LogP contribution is -2.34. The van der Waals surface area contributed by atoms with Crippen LogP contribution in [0.15, 0.2) is 24.4 Å². The molecule has 1 aliphatic rings. The summed E-state index contributed by atoms with van der Waals surface area (Å²) in [6.07, 6.45) is 4.96. The molecule has 1 unspecified atom stereocenters. The number of carbonyl (C=O) groups excluding carboxylic acids is 1. The molecule has 4 heteroatoms. The van der Waals surface area contributed by atoms with Crippen LogP contribution in [-0.4, -0.2) is 53.9 Å². The molecule has 0 saturated carbocycles. The topological polar surface area (TPSA) is 36.4 Å². The number of nitrogens with zero attached hydrogens (tertiary/aromatic N) is 3. The number of amides is 1. The molecular weight excluding hydrogens is 226 g/mol. The van der Waals surface area contributed by atoms with Crippen molar-refractivity contribution < 1.29 is 4.79 Å². The lowest BCUT2D eigenvalue weighted by Gasteiger charge is -2.23. The lowest BCUT2D eigenvalue weighted by molar-refractivity contribution is 0.0752. The van der Waals surface area contributed by atoms with Crippen molar-refractivity contribution in [2.24, 2.45) is 0 Å². The molecular formula is C14H21N3O. The zero-order valence-electron chi connectivity index (χ0n) is 11.2. The fourth-order valence-electron chi connectivity index (χ4n) is 2.45. The molecule has 1 saturated heterocycles. The molecule has 18 heavy (non-hydrogen) atoms. The average molecular weight is 247 g/mol. The molecule has 1 aromatic rings. The Hall–Kier alpha value is -1.42. The molecule has 4 nitrogen and oxygen atoms in total. The summed E-state index contributed by atoms with van der Waals surface area (Å²) in [5.74, 6) is 0.0648. The van der Waals surface area contributed by atoms with Crippen LogP contribution in [-0.2, 0) is 0 Å². The van der Waals surface area contributed by atoms with Crippen molar-refractivity contribution in [3.63, 3.8) is 0 Å². The van der Waals surface area contributed by atoms with Gasteiger partial charge in [0.05, 0.1) is 0 Å². The molecule has 1 aliphatic heterocycles. The van der Waals surface area contributed by atoms with E-state index in [-0.39, 0.29) is 5.91 Å². The van der Waals surface area contributed by atoms with Crippen LogP contribution in [0.25, 0.3) is 0 Å². The van der Waals surface area contributed by atoms with Crippen molar-refractivity contribution in [1.29, 1.82) is 0 Å². The number of likely N-dealkylation sites (tertiary alicyclic amines) is 1. The fraction of sp³-hybridized carbons (Fsp3) is 0.571. The van der Waals surface area contributed by atoms with Gasteiger partial charge in [-0.1, -0.05) is 6.07 Å². The highest BCUT2D eigenvalue weighted by molar-refractivity contribution is 5.92. The first-order valence-electron chi connectivity index (χ1n) is 6.55. The predicted molar refractivity (Wildman–Crippen MR) is 71.5 cm³/mol. The van der Waals surface area contributed by atoms with Crippen molar-refractivity contribution in [2.75, 3.05) is 27.2 Å². The molecule has 1 aromatic heterocycles. The maximum atomic E-state index is 12.3. The number of pyridine rings is 1. The van der Waals surface area contributed by atoms with Gasteiger partial charge in [0.1, 0.15) is 5.69 Å². The van der Waals surface area contributed by atoms with E-state index in [0.29, 0.717) is 11.7 Å². The smallest absolute Gasteiger partial charge is 0.272 e. The maximum absolute atomic E-state index is 12.3. The van der Waals surface area contributed by atoms with Gasteiger partial charge in [0.25, 0.3) is 5.91 Å². The van der Waals surface area contributed by atoms with E-state index in [4.69, 9.17) is 0 Å². The Labute approximate surface area is 109 Å². The zero-order chi connectivity index (χ0) is 13.0. The van der Waals surface area contributed by atoms with Gasteiger partial charge in [0.2, 0.25) is 0 Å². The summed E-state index contributed by atoms with van der Waals surface area (Å²) in [5, 5.41) is 0. The third-order valence-corrected chi connectivity index (χ3v) is 3.60. The lowest BCUT2D eigenvalue weighted by atomic mass is 10.1. The molecule has 0 aromatic carbocycles. The molecule has 0 bridgehead atoms. The standard InChI is InChI=1S/C14H21N3O/c1-16(2)12-6-5-10-17(11-8-12)14(18)13-7-3-4-9-15-13/h3-4,7,9,12H,5-6,8,10-11H2,1-2H3. The van der Waals surface area contributed by atoms with Gasteiger partial charge in [0.15, 0.2) is 0 Å². The third kappa shape index (κ3) is 3.07. The average Bonchev–Trinajstić information content (AvgIpc) is 2.64. The van der Waals surface area contributed by atoms with E-state index in [1.54, 1.807) is 12.3 Å². The SMILES string of the molecule is CN(C)C1CCCN(C(=O)c2ccccn2)CC1. The van der Waals surface area contributed by atoms with Crippen LogP contribution in [0.3, 0.4) is 0 Å². The van der Waals surface area contributed by atoms with E-state index >= 15 is 0 Å². The predicted octanol–water partition coefficient (Wildman–Crippen LogP) is 1.64. The van der Waals surface area contributed by atoms with Crippen LogP contribution in [0.2, 0.25) is 0 Å². The highest BCUT2D eigenvalue weighted by Crippen LogP contribution is 2.16. The molecule has 0 aliphatic carbocycles. The van der Waals surface area contributed by atoms with Gasteiger partial charge in [-0.25, -0.2) is 0 Å². The van der Waals surface area contributed by atoms with Gasteiger partial charge in [-0.05, 0) is 45.5 Å². The first-order valence-corrected chi connectivity index (χ1v) is 6.55. The highest BCUT2D eigenvalue weighted by atomic mass is 16.2. The van der Waals surface area contributed by atoms with Gasteiger partial charge in [-0.3, -0.25) is 9.78 Å². The second-order valence-corrected chi connectivity index (χ2v) is 5.06. The molecule has 98 valence electrons. The molecule has 0 radical (unpaired) electrons. The van der Waals surface area contributed by atoms with E-state index in [9.17, 15) is 4.79 Å². The van der Waals surface area contributed by atoms with E-state index in [2.05, 4.69) is 24.0 Å². The summed E-state index contributed by atoms with van der Waals surface area (Å²) in [7, 11) is 4.22. The number of rotatable bonds is 2. The summed E-state index contributed by atoms with van der Waals surface area (Å²) in [4.78, 5) is 20.6. The van der Waals surface area contributed by atoms with Crippen LogP contribution in [0, 0.1) is 0 Å². The van der Waals surface area contributed by atoms with Gasteiger partial charge in [0, 0.05) is 25.3 Å². The number of hydrogen-bond acceptors (Lipinski definition) is 3. The Balaban J connectivity index is 2.00. The van der Waals surface area contributed by atoms with Gasteiger partial charge >= 0.3 is 0 Å². The minimum atomic E-state index is 0.0648. The largest absolute Gasteiger partial charge is 0.337 e. The van der Waals surface area contributed by atoms with Gasteiger partial charge in [-0.15, -0.1) is 0 Å². The van der Waals surface area contributed by atoms with Gasteiger partial charge < -0.3 is 9.80 Å². The van der Waals surface area contributed by atoms with Crippen molar-refractivity contribution in [1.82, 2.24) is 14.8 Å². The van der Waals surface area contributed by atoms with Crippen molar-refractivity contribution >= 4 is 5.91 Å². The number of carbonyl (C=O) groups is 1. The monoisotopic (exact) mass is 247 g/mol. The Morgan fingerprint density at radius 3 is 2.83 bits per heavy atom. The summed E-state index contributed by atoms with van der Waals surface area (Å²) in [6, 6.07) is 6.07. The molecule has 1 fully saturated rings. The normalized spacial score (nSPS) is 20.8. The molecule has 2 heterocycles. The second kappa shape index (κ2) is 5.96. The van der Waals surface area contributed by atoms with Crippen LogP contribution < -0.4 is 0 Å². The molecule has 1 atom stereocenters. The summed E-state index contributed by atoms with van der Waals surface area (Å²) in [6.45, 7) is 1.68. The molecule has 0 spiro atoms. The van der Waals surface area contributed by atoms with Crippen LogP contribution in [0.5, 0.6) is 0 Å².